The molecule has 0 aromatic heterocycles. The number of halogens is 1. The number of hydrogen-bond donors (Lipinski definition) is 1. The molecular formula is C13H12BrNO6. The van der Waals surface area contributed by atoms with Crippen molar-refractivity contribution in [2.24, 2.45) is 5.16 Å². The normalized spacial score (nSPS) is 10.8. The summed E-state index contributed by atoms with van der Waals surface area (Å²) in [5.41, 5.74) is 0.0118. The Kier molecular flexibility index (Phi) is 7.10. The van der Waals surface area contributed by atoms with Crippen LogP contribution >= 0.6 is 15.9 Å². The second kappa shape index (κ2) is 8.85. The highest BCUT2D eigenvalue weighted by molar-refractivity contribution is 9.09. The van der Waals surface area contributed by atoms with Crippen molar-refractivity contribution in [3.8, 4) is 0 Å². The Balaban J connectivity index is 2.42. The Morgan fingerprint density at radius 3 is 2.43 bits per heavy atom. The molecule has 1 aromatic rings. The van der Waals surface area contributed by atoms with Crippen LogP contribution in [0.15, 0.2) is 35.5 Å². The lowest BCUT2D eigenvalue weighted by molar-refractivity contribution is -0.150. The smallest absolute Gasteiger partial charge is 0.361 e. The first-order valence-electron chi connectivity index (χ1n) is 5.76. The topological polar surface area (TPSA) is 102 Å². The van der Waals surface area contributed by atoms with Crippen molar-refractivity contribution in [2.75, 3.05) is 11.9 Å². The van der Waals surface area contributed by atoms with Crippen LogP contribution in [0.5, 0.6) is 0 Å². The minimum atomic E-state index is -1.53. The zero-order chi connectivity index (χ0) is 15.7. The third kappa shape index (κ3) is 6.17. The molecule has 0 unspecified atom stereocenters. The van der Waals surface area contributed by atoms with Gasteiger partial charge in [0.1, 0.15) is 6.61 Å². The number of alkyl halides is 1. The predicted octanol–water partition coefficient (Wildman–Crippen LogP) is 1.15. The molecule has 0 heterocycles. The van der Waals surface area contributed by atoms with E-state index in [-0.39, 0.29) is 11.9 Å². The van der Waals surface area contributed by atoms with Gasteiger partial charge < -0.3 is 14.7 Å². The Morgan fingerprint density at radius 2 is 1.86 bits per heavy atom. The van der Waals surface area contributed by atoms with E-state index in [0.717, 1.165) is 5.56 Å². The Bertz CT molecular complexity index is 543. The first-order chi connectivity index (χ1) is 10.0. The van der Waals surface area contributed by atoms with Gasteiger partial charge in [0, 0.05) is 0 Å². The van der Waals surface area contributed by atoms with Crippen molar-refractivity contribution in [3.63, 3.8) is 0 Å². The highest BCUT2D eigenvalue weighted by Crippen LogP contribution is 2.00. The number of benzene rings is 1. The number of carboxylic acid groups (broad SMARTS) is 1. The quantitative estimate of drug-likeness (QED) is 0.246. The second-order valence-corrected chi connectivity index (χ2v) is 4.28. The van der Waals surface area contributed by atoms with E-state index in [1.165, 1.54) is 0 Å². The molecule has 0 atom stereocenters. The molecule has 112 valence electrons. The van der Waals surface area contributed by atoms with E-state index in [0.29, 0.717) is 0 Å². The minimum absolute atomic E-state index is 0.0683. The van der Waals surface area contributed by atoms with Crippen LogP contribution in [0, 0.1) is 0 Å². The van der Waals surface area contributed by atoms with Crippen LogP contribution in [0.2, 0.25) is 0 Å². The van der Waals surface area contributed by atoms with Crippen LogP contribution in [0.4, 0.5) is 0 Å². The fraction of sp³-hybridized carbons (Fsp3) is 0.231. The van der Waals surface area contributed by atoms with E-state index >= 15 is 0 Å². The summed E-state index contributed by atoms with van der Waals surface area (Å²) in [5.74, 6) is -3.02. The zero-order valence-electron chi connectivity index (χ0n) is 10.8. The average Bonchev–Trinajstić information content (AvgIpc) is 2.49. The number of oxime groups is 1. The molecule has 0 saturated carbocycles. The second-order valence-electron chi connectivity index (χ2n) is 3.72. The molecule has 0 aliphatic carbocycles. The standard InChI is InChI=1S/C13H12BrNO6/c14-6-10(16)12(13(18)19)15-21-8-11(17)20-7-9-4-2-1-3-5-9/h1-5H,6-8H2,(H,18,19)/b15-12-. The summed E-state index contributed by atoms with van der Waals surface area (Å²) >= 11 is 2.81. The van der Waals surface area contributed by atoms with E-state index in [1.54, 1.807) is 24.3 Å². The van der Waals surface area contributed by atoms with Crippen molar-refractivity contribution < 1.29 is 29.1 Å². The van der Waals surface area contributed by atoms with Gasteiger partial charge in [-0.3, -0.25) is 4.79 Å². The maximum absolute atomic E-state index is 11.3. The van der Waals surface area contributed by atoms with Gasteiger partial charge in [-0.1, -0.05) is 51.4 Å². The van der Waals surface area contributed by atoms with E-state index in [1.807, 2.05) is 6.07 Å². The van der Waals surface area contributed by atoms with E-state index in [4.69, 9.17) is 9.84 Å². The molecule has 7 nitrogen and oxygen atoms in total. The van der Waals surface area contributed by atoms with Crippen LogP contribution in [0.1, 0.15) is 5.56 Å². The van der Waals surface area contributed by atoms with Crippen LogP contribution in [0.3, 0.4) is 0 Å². The van der Waals surface area contributed by atoms with E-state index < -0.39 is 30.0 Å². The Morgan fingerprint density at radius 1 is 1.19 bits per heavy atom. The Hall–Kier alpha value is -2.22. The van der Waals surface area contributed by atoms with Crippen molar-refractivity contribution in [2.45, 2.75) is 6.61 Å². The number of ketones is 1. The van der Waals surface area contributed by atoms with Gasteiger partial charge in [-0.25, -0.2) is 9.59 Å². The number of carboxylic acids is 1. The number of aliphatic carboxylic acids is 1. The van der Waals surface area contributed by atoms with Crippen molar-refractivity contribution >= 4 is 39.4 Å². The van der Waals surface area contributed by atoms with Crippen LogP contribution in [0.25, 0.3) is 0 Å². The Labute approximate surface area is 128 Å². The summed E-state index contributed by atoms with van der Waals surface area (Å²) in [6, 6.07) is 8.99. The summed E-state index contributed by atoms with van der Waals surface area (Å²) in [6.07, 6.45) is 0. The van der Waals surface area contributed by atoms with Gasteiger partial charge in [0.25, 0.3) is 0 Å². The molecule has 21 heavy (non-hydrogen) atoms. The van der Waals surface area contributed by atoms with Gasteiger partial charge in [-0.15, -0.1) is 0 Å². The first-order valence-corrected chi connectivity index (χ1v) is 6.88. The fourth-order valence-electron chi connectivity index (χ4n) is 1.20. The van der Waals surface area contributed by atoms with Crippen LogP contribution in [-0.2, 0) is 30.6 Å². The number of carbonyl (C=O) groups excluding carboxylic acids is 2. The largest absolute Gasteiger partial charge is 0.476 e. The lowest BCUT2D eigenvalue weighted by atomic mass is 10.2. The number of esters is 1. The van der Waals surface area contributed by atoms with Gasteiger partial charge in [0.15, 0.2) is 0 Å². The van der Waals surface area contributed by atoms with Crippen molar-refractivity contribution in [1.82, 2.24) is 0 Å². The minimum Gasteiger partial charge on any atom is -0.476 e. The number of hydrogen-bond acceptors (Lipinski definition) is 6. The van der Waals surface area contributed by atoms with E-state index in [2.05, 4.69) is 25.9 Å². The SMILES string of the molecule is O=C(CO/N=C(\C(=O)O)C(=O)CBr)OCc1ccccc1. The molecule has 0 aliphatic heterocycles. The molecule has 1 N–H and O–H groups in total. The number of Topliss-reactive ketones (excluding diaryl/α,β-unsaturated/α-hetero) is 1. The summed E-state index contributed by atoms with van der Waals surface area (Å²) in [7, 11) is 0. The molecule has 0 radical (unpaired) electrons. The summed E-state index contributed by atoms with van der Waals surface area (Å²) in [6.45, 7) is -0.516. The van der Waals surface area contributed by atoms with Crippen molar-refractivity contribution in [3.05, 3.63) is 35.9 Å². The maximum atomic E-state index is 11.3. The van der Waals surface area contributed by atoms with Gasteiger partial charge in [-0.2, -0.15) is 0 Å². The van der Waals surface area contributed by atoms with Gasteiger partial charge in [0.05, 0.1) is 5.33 Å². The monoisotopic (exact) mass is 357 g/mol. The summed E-state index contributed by atoms with van der Waals surface area (Å²) < 4.78 is 4.88. The molecule has 0 bridgehead atoms. The van der Waals surface area contributed by atoms with Crippen LogP contribution in [-0.4, -0.2) is 40.5 Å². The zero-order valence-corrected chi connectivity index (χ0v) is 12.4. The molecule has 0 spiro atoms. The molecule has 0 aliphatic rings. The lowest BCUT2D eigenvalue weighted by Gasteiger charge is -2.04. The van der Waals surface area contributed by atoms with Crippen LogP contribution < -0.4 is 0 Å². The molecule has 1 aromatic carbocycles. The molecule has 0 saturated heterocycles. The first kappa shape index (κ1) is 16.8. The third-order valence-electron chi connectivity index (χ3n) is 2.17. The predicted molar refractivity (Wildman–Crippen MR) is 76.1 cm³/mol. The summed E-state index contributed by atoms with van der Waals surface area (Å²) in [5, 5.41) is 11.6. The highest BCUT2D eigenvalue weighted by atomic mass is 79.9. The summed E-state index contributed by atoms with van der Waals surface area (Å²) in [4.78, 5) is 37.8. The number of rotatable bonds is 8. The lowest BCUT2D eigenvalue weighted by Crippen LogP contribution is -2.25. The molecule has 8 heteroatoms. The highest BCUT2D eigenvalue weighted by Gasteiger charge is 2.19. The fourth-order valence-corrected chi connectivity index (χ4v) is 1.47. The number of ether oxygens (including phenoxy) is 1. The van der Waals surface area contributed by atoms with Gasteiger partial charge in [0.2, 0.25) is 18.1 Å². The maximum Gasteiger partial charge on any atom is 0.361 e. The molecule has 0 amide bonds. The van der Waals surface area contributed by atoms with Gasteiger partial charge >= 0.3 is 11.9 Å². The number of carbonyl (C=O) groups is 3. The third-order valence-corrected chi connectivity index (χ3v) is 2.68. The van der Waals surface area contributed by atoms with Gasteiger partial charge in [-0.05, 0) is 5.56 Å². The molecule has 1 rings (SSSR count). The number of nitrogens with zero attached hydrogens (tertiary/aromatic N) is 1. The molecule has 0 fully saturated rings. The average molecular weight is 358 g/mol. The molecular weight excluding hydrogens is 346 g/mol. The van der Waals surface area contributed by atoms with Crippen molar-refractivity contribution in [1.29, 1.82) is 0 Å². The van der Waals surface area contributed by atoms with E-state index in [9.17, 15) is 14.4 Å².